The third-order valence-corrected chi connectivity index (χ3v) is 4.82. The van der Waals surface area contributed by atoms with E-state index in [1.807, 2.05) is 18.2 Å². The van der Waals surface area contributed by atoms with Crippen LogP contribution in [0.3, 0.4) is 0 Å². The van der Waals surface area contributed by atoms with Gasteiger partial charge in [-0.25, -0.2) is 5.43 Å². The molecule has 0 saturated carbocycles. The summed E-state index contributed by atoms with van der Waals surface area (Å²) in [6.07, 6.45) is 2.11. The zero-order chi connectivity index (χ0) is 18.2. The van der Waals surface area contributed by atoms with Crippen molar-refractivity contribution in [3.05, 3.63) is 65.2 Å². The lowest BCUT2D eigenvalue weighted by molar-refractivity contribution is -0.900. The van der Waals surface area contributed by atoms with Crippen LogP contribution in [0.1, 0.15) is 12.0 Å². The molecule has 1 aliphatic heterocycles. The Bertz CT molecular complexity index is 725. The van der Waals surface area contributed by atoms with Crippen molar-refractivity contribution in [2.75, 3.05) is 37.6 Å². The van der Waals surface area contributed by atoms with Crippen LogP contribution < -0.4 is 15.2 Å². The molecule has 2 aromatic carbocycles. The third kappa shape index (κ3) is 5.58. The number of carbonyl (C=O) groups is 1. The molecule has 0 bridgehead atoms. The number of amides is 1. The Kier molecular flexibility index (Phi) is 6.63. The number of benzene rings is 2. The lowest BCUT2D eigenvalue weighted by Gasteiger charge is -2.33. The van der Waals surface area contributed by atoms with Gasteiger partial charge in [0.15, 0.2) is 0 Å². The summed E-state index contributed by atoms with van der Waals surface area (Å²) >= 11 is 5.84. The molecule has 3 rings (SSSR count). The lowest BCUT2D eigenvalue weighted by Crippen LogP contribution is -3.15. The van der Waals surface area contributed by atoms with E-state index in [9.17, 15) is 4.79 Å². The predicted octanol–water partition coefficient (Wildman–Crippen LogP) is 1.59. The maximum absolute atomic E-state index is 11.9. The number of para-hydroxylation sites is 1. The first-order valence-corrected chi connectivity index (χ1v) is 9.29. The number of nitrogens with zero attached hydrogens (tertiary/aromatic N) is 2. The SMILES string of the molecule is O=C(CC[NH+]1CCN(c2ccccc2)CC1)N/N=C\c1ccc(Cl)cc1. The van der Waals surface area contributed by atoms with E-state index in [4.69, 9.17) is 11.6 Å². The largest absolute Gasteiger partial charge is 0.360 e. The van der Waals surface area contributed by atoms with Crippen LogP contribution in [0.5, 0.6) is 0 Å². The number of rotatable bonds is 6. The summed E-state index contributed by atoms with van der Waals surface area (Å²) < 4.78 is 0. The molecule has 6 heteroatoms. The van der Waals surface area contributed by atoms with Crippen LogP contribution in [0, 0.1) is 0 Å². The molecule has 1 aliphatic rings. The second-order valence-electron chi connectivity index (χ2n) is 6.42. The normalized spacial score (nSPS) is 15.3. The van der Waals surface area contributed by atoms with E-state index in [0.29, 0.717) is 11.4 Å². The maximum Gasteiger partial charge on any atom is 0.245 e. The second kappa shape index (κ2) is 9.36. The molecule has 26 heavy (non-hydrogen) atoms. The summed E-state index contributed by atoms with van der Waals surface area (Å²) in [4.78, 5) is 15.8. The topological polar surface area (TPSA) is 49.1 Å². The smallest absolute Gasteiger partial charge is 0.245 e. The number of hydrogen-bond donors (Lipinski definition) is 2. The predicted molar refractivity (Wildman–Crippen MR) is 106 cm³/mol. The van der Waals surface area contributed by atoms with Crippen molar-refractivity contribution in [3.8, 4) is 0 Å². The van der Waals surface area contributed by atoms with Gasteiger partial charge in [-0.1, -0.05) is 41.9 Å². The fourth-order valence-corrected chi connectivity index (χ4v) is 3.17. The summed E-state index contributed by atoms with van der Waals surface area (Å²) in [5.41, 5.74) is 4.77. The Balaban J connectivity index is 1.35. The molecule has 0 unspecified atom stereocenters. The molecule has 0 spiro atoms. The molecular formula is C20H24ClN4O+. The molecule has 2 N–H and O–H groups in total. The summed E-state index contributed by atoms with van der Waals surface area (Å²) in [5.74, 6) is -0.0480. The standard InChI is InChI=1S/C20H23ClN4O/c21-18-8-6-17(7-9-18)16-22-23-20(26)10-11-24-12-14-25(15-13-24)19-4-2-1-3-5-19/h1-9,16H,10-15H2,(H,23,26)/p+1/b22-16-. The van der Waals surface area contributed by atoms with Gasteiger partial charge in [0.25, 0.3) is 0 Å². The Morgan fingerprint density at radius 3 is 2.50 bits per heavy atom. The molecule has 5 nitrogen and oxygen atoms in total. The quantitative estimate of drug-likeness (QED) is 0.598. The first kappa shape index (κ1) is 18.4. The average Bonchev–Trinajstić information content (AvgIpc) is 2.69. The van der Waals surface area contributed by atoms with E-state index in [-0.39, 0.29) is 5.91 Å². The Hall–Kier alpha value is -2.37. The van der Waals surface area contributed by atoms with Gasteiger partial charge in [0.05, 0.1) is 45.4 Å². The minimum Gasteiger partial charge on any atom is -0.360 e. The van der Waals surface area contributed by atoms with Crippen LogP contribution in [0.15, 0.2) is 59.7 Å². The van der Waals surface area contributed by atoms with Crippen molar-refractivity contribution in [2.24, 2.45) is 5.10 Å². The van der Waals surface area contributed by atoms with Gasteiger partial charge in [-0.15, -0.1) is 0 Å². The molecular weight excluding hydrogens is 348 g/mol. The van der Waals surface area contributed by atoms with Crippen LogP contribution in [0.2, 0.25) is 5.02 Å². The number of quaternary nitrogens is 1. The van der Waals surface area contributed by atoms with E-state index in [1.54, 1.807) is 18.3 Å². The first-order valence-electron chi connectivity index (χ1n) is 8.92. The summed E-state index contributed by atoms with van der Waals surface area (Å²) in [6, 6.07) is 17.8. The number of anilines is 1. The average molecular weight is 372 g/mol. The van der Waals surface area contributed by atoms with Crippen molar-refractivity contribution >= 4 is 29.4 Å². The van der Waals surface area contributed by atoms with E-state index in [1.165, 1.54) is 10.6 Å². The summed E-state index contributed by atoms with van der Waals surface area (Å²) in [7, 11) is 0. The highest BCUT2D eigenvalue weighted by Gasteiger charge is 2.20. The molecule has 1 heterocycles. The van der Waals surface area contributed by atoms with Gasteiger partial charge >= 0.3 is 0 Å². The highest BCUT2D eigenvalue weighted by Crippen LogP contribution is 2.12. The molecule has 1 fully saturated rings. The molecule has 0 aromatic heterocycles. The Morgan fingerprint density at radius 2 is 1.81 bits per heavy atom. The van der Waals surface area contributed by atoms with Crippen molar-refractivity contribution in [1.29, 1.82) is 0 Å². The lowest BCUT2D eigenvalue weighted by atomic mass is 10.2. The molecule has 0 radical (unpaired) electrons. The number of hydrazone groups is 1. The van der Waals surface area contributed by atoms with Gasteiger partial charge in [-0.2, -0.15) is 5.10 Å². The van der Waals surface area contributed by atoms with Crippen molar-refractivity contribution in [2.45, 2.75) is 6.42 Å². The monoisotopic (exact) mass is 371 g/mol. The van der Waals surface area contributed by atoms with Gasteiger partial charge in [-0.05, 0) is 29.8 Å². The van der Waals surface area contributed by atoms with Crippen LogP contribution >= 0.6 is 11.6 Å². The highest BCUT2D eigenvalue weighted by atomic mass is 35.5. The zero-order valence-electron chi connectivity index (χ0n) is 14.7. The van der Waals surface area contributed by atoms with E-state index in [2.05, 4.69) is 39.7 Å². The Labute approximate surface area is 159 Å². The number of piperazine rings is 1. The van der Waals surface area contributed by atoms with Crippen LogP contribution in [-0.4, -0.2) is 44.8 Å². The Morgan fingerprint density at radius 1 is 1.12 bits per heavy atom. The summed E-state index contributed by atoms with van der Waals surface area (Å²) in [6.45, 7) is 4.99. The van der Waals surface area contributed by atoms with Crippen LogP contribution in [0.4, 0.5) is 5.69 Å². The van der Waals surface area contributed by atoms with Gasteiger partial charge in [-0.3, -0.25) is 4.79 Å². The number of halogens is 1. The van der Waals surface area contributed by atoms with E-state index < -0.39 is 0 Å². The van der Waals surface area contributed by atoms with Crippen molar-refractivity contribution in [1.82, 2.24) is 5.43 Å². The third-order valence-electron chi connectivity index (χ3n) is 4.57. The van der Waals surface area contributed by atoms with Crippen molar-refractivity contribution in [3.63, 3.8) is 0 Å². The summed E-state index contributed by atoms with van der Waals surface area (Å²) in [5, 5.41) is 4.68. The minimum absolute atomic E-state index is 0.0480. The van der Waals surface area contributed by atoms with Crippen LogP contribution in [0.25, 0.3) is 0 Å². The van der Waals surface area contributed by atoms with Gasteiger partial charge in [0, 0.05) is 10.7 Å². The zero-order valence-corrected chi connectivity index (χ0v) is 15.5. The fourth-order valence-electron chi connectivity index (χ4n) is 3.04. The minimum atomic E-state index is -0.0480. The van der Waals surface area contributed by atoms with E-state index in [0.717, 1.165) is 38.3 Å². The van der Waals surface area contributed by atoms with Gasteiger partial charge < -0.3 is 9.80 Å². The fraction of sp³-hybridized carbons (Fsp3) is 0.300. The maximum atomic E-state index is 11.9. The van der Waals surface area contributed by atoms with E-state index >= 15 is 0 Å². The number of nitrogens with one attached hydrogen (secondary N) is 2. The van der Waals surface area contributed by atoms with Gasteiger partial charge in [0.1, 0.15) is 0 Å². The molecule has 0 aliphatic carbocycles. The number of carbonyl (C=O) groups excluding carboxylic acids is 1. The second-order valence-corrected chi connectivity index (χ2v) is 6.85. The first-order chi connectivity index (χ1) is 12.7. The van der Waals surface area contributed by atoms with Crippen molar-refractivity contribution < 1.29 is 9.69 Å². The molecule has 0 atom stereocenters. The van der Waals surface area contributed by atoms with Gasteiger partial charge in [0.2, 0.25) is 5.91 Å². The highest BCUT2D eigenvalue weighted by molar-refractivity contribution is 6.30. The number of hydrogen-bond acceptors (Lipinski definition) is 3. The molecule has 2 aromatic rings. The molecule has 1 saturated heterocycles. The molecule has 136 valence electrons. The molecule has 1 amide bonds. The van der Waals surface area contributed by atoms with Crippen LogP contribution in [-0.2, 0) is 4.79 Å².